The lowest BCUT2D eigenvalue weighted by Gasteiger charge is -2.23. The molecule has 11 heavy (non-hydrogen) atoms. The van der Waals surface area contributed by atoms with Gasteiger partial charge in [0.05, 0.1) is 0 Å². The van der Waals surface area contributed by atoms with E-state index in [1.54, 1.807) is 6.92 Å². The number of halogens is 2. The second kappa shape index (κ2) is 3.37. The van der Waals surface area contributed by atoms with E-state index in [0.717, 1.165) is 0 Å². The molecule has 0 radical (unpaired) electrons. The minimum absolute atomic E-state index is 0.179. The summed E-state index contributed by atoms with van der Waals surface area (Å²) in [5.41, 5.74) is 0. The van der Waals surface area contributed by atoms with Crippen LogP contribution in [0.2, 0.25) is 0 Å². The number of hydrogen-bond acceptors (Lipinski definition) is 1. The van der Waals surface area contributed by atoms with E-state index < -0.39 is 0 Å². The quantitative estimate of drug-likeness (QED) is 0.597. The van der Waals surface area contributed by atoms with Crippen LogP contribution >= 0.6 is 11.6 Å². The van der Waals surface area contributed by atoms with Gasteiger partial charge in [-0.1, -0.05) is 18.5 Å². The molecule has 0 fully saturated rings. The topological polar surface area (TPSA) is 9.23 Å². The zero-order chi connectivity index (χ0) is 8.43. The Bertz CT molecular complexity index is 210. The van der Waals surface area contributed by atoms with Gasteiger partial charge in [-0.2, -0.15) is 0 Å². The van der Waals surface area contributed by atoms with E-state index in [2.05, 4.69) is 0 Å². The largest absolute Gasteiger partial charge is 0.375 e. The highest BCUT2D eigenvalue weighted by molar-refractivity contribution is 6.30. The molecule has 2 atom stereocenters. The van der Waals surface area contributed by atoms with E-state index in [1.807, 2.05) is 0 Å². The lowest BCUT2D eigenvalue weighted by atomic mass is 9.98. The Morgan fingerprint density at radius 2 is 2.18 bits per heavy atom. The molecule has 0 aromatic carbocycles. The molecule has 1 rings (SSSR count). The van der Waals surface area contributed by atoms with Gasteiger partial charge in [0.2, 0.25) is 0 Å². The number of rotatable bonds is 1. The SMILES string of the molecule is COC1C(Cl)=CC=C(F)C1C. The first-order valence-electron chi connectivity index (χ1n) is 3.42. The van der Waals surface area contributed by atoms with E-state index >= 15 is 0 Å². The summed E-state index contributed by atoms with van der Waals surface area (Å²) in [5, 5.41) is 0.557. The minimum Gasteiger partial charge on any atom is -0.375 e. The van der Waals surface area contributed by atoms with Gasteiger partial charge in [0.1, 0.15) is 11.9 Å². The molecular weight excluding hydrogens is 167 g/mol. The summed E-state index contributed by atoms with van der Waals surface area (Å²) in [4.78, 5) is 0. The summed E-state index contributed by atoms with van der Waals surface area (Å²) in [6, 6.07) is 0. The molecule has 0 saturated heterocycles. The molecule has 0 bridgehead atoms. The van der Waals surface area contributed by atoms with Crippen LogP contribution < -0.4 is 0 Å². The number of hydrogen-bond donors (Lipinski definition) is 0. The highest BCUT2D eigenvalue weighted by atomic mass is 35.5. The lowest BCUT2D eigenvalue weighted by molar-refractivity contribution is 0.0956. The molecule has 2 unspecified atom stereocenters. The van der Waals surface area contributed by atoms with Crippen molar-refractivity contribution < 1.29 is 9.13 Å². The Kier molecular flexibility index (Phi) is 2.68. The van der Waals surface area contributed by atoms with E-state index in [0.29, 0.717) is 5.03 Å². The smallest absolute Gasteiger partial charge is 0.106 e. The van der Waals surface area contributed by atoms with Gasteiger partial charge in [0.25, 0.3) is 0 Å². The van der Waals surface area contributed by atoms with Gasteiger partial charge < -0.3 is 4.74 Å². The summed E-state index contributed by atoms with van der Waals surface area (Å²) in [6.45, 7) is 1.75. The molecule has 0 aliphatic heterocycles. The predicted molar refractivity (Wildman–Crippen MR) is 43.1 cm³/mol. The third kappa shape index (κ3) is 1.63. The van der Waals surface area contributed by atoms with Crippen molar-refractivity contribution >= 4 is 11.6 Å². The van der Waals surface area contributed by atoms with Crippen molar-refractivity contribution in [1.82, 2.24) is 0 Å². The van der Waals surface area contributed by atoms with E-state index in [9.17, 15) is 4.39 Å². The minimum atomic E-state index is -0.318. The summed E-state index contributed by atoms with van der Waals surface area (Å²) >= 11 is 5.77. The molecule has 0 saturated carbocycles. The molecule has 1 nitrogen and oxygen atoms in total. The molecule has 1 aliphatic carbocycles. The maximum Gasteiger partial charge on any atom is 0.106 e. The molecule has 0 aromatic rings. The Hall–Kier alpha value is -0.340. The van der Waals surface area contributed by atoms with Crippen LogP contribution in [0.5, 0.6) is 0 Å². The zero-order valence-electron chi connectivity index (χ0n) is 6.47. The highest BCUT2D eigenvalue weighted by Crippen LogP contribution is 2.29. The predicted octanol–water partition coefficient (Wildman–Crippen LogP) is 2.63. The molecule has 1 aliphatic rings. The summed E-state index contributed by atoms with van der Waals surface area (Å²) < 4.78 is 17.9. The second-order valence-corrected chi connectivity index (χ2v) is 2.98. The standard InChI is InChI=1S/C8H10ClFO/c1-5-7(10)4-3-6(9)8(5)11-2/h3-5,8H,1-2H3. The third-order valence-corrected chi connectivity index (χ3v) is 2.16. The van der Waals surface area contributed by atoms with Gasteiger partial charge in [-0.3, -0.25) is 0 Å². The van der Waals surface area contributed by atoms with Crippen molar-refractivity contribution in [2.24, 2.45) is 5.92 Å². The average molecular weight is 177 g/mol. The van der Waals surface area contributed by atoms with Crippen LogP contribution in [0, 0.1) is 5.92 Å². The fraction of sp³-hybridized carbons (Fsp3) is 0.500. The van der Waals surface area contributed by atoms with Crippen molar-refractivity contribution in [2.75, 3.05) is 7.11 Å². The van der Waals surface area contributed by atoms with Crippen LogP contribution in [0.1, 0.15) is 6.92 Å². The monoisotopic (exact) mass is 176 g/mol. The number of allylic oxidation sites excluding steroid dienone is 2. The fourth-order valence-electron chi connectivity index (χ4n) is 1.11. The lowest BCUT2D eigenvalue weighted by Crippen LogP contribution is -2.23. The van der Waals surface area contributed by atoms with Crippen LogP contribution in [-0.4, -0.2) is 13.2 Å². The summed E-state index contributed by atoms with van der Waals surface area (Å²) in [6.07, 6.45) is 2.59. The summed E-state index contributed by atoms with van der Waals surface area (Å²) in [5.74, 6) is -0.446. The van der Waals surface area contributed by atoms with Crippen LogP contribution in [0.4, 0.5) is 4.39 Å². The maximum absolute atomic E-state index is 12.9. The van der Waals surface area contributed by atoms with Crippen LogP contribution in [-0.2, 0) is 4.74 Å². The first kappa shape index (κ1) is 8.75. The molecular formula is C8H10ClFO. The Morgan fingerprint density at radius 3 is 2.64 bits per heavy atom. The highest BCUT2D eigenvalue weighted by Gasteiger charge is 2.26. The summed E-state index contributed by atoms with van der Waals surface area (Å²) in [7, 11) is 1.52. The average Bonchev–Trinajstić information content (AvgIpc) is 1.99. The molecule has 0 N–H and O–H groups in total. The first-order chi connectivity index (χ1) is 5.16. The first-order valence-corrected chi connectivity index (χ1v) is 3.80. The maximum atomic E-state index is 12.9. The van der Waals surface area contributed by atoms with Crippen molar-refractivity contribution in [3.8, 4) is 0 Å². The van der Waals surface area contributed by atoms with Gasteiger partial charge in [0, 0.05) is 18.1 Å². The van der Waals surface area contributed by atoms with Gasteiger partial charge in [0.15, 0.2) is 0 Å². The molecule has 0 amide bonds. The van der Waals surface area contributed by atoms with Gasteiger partial charge in [-0.05, 0) is 12.2 Å². The molecule has 3 heteroatoms. The second-order valence-electron chi connectivity index (χ2n) is 2.55. The zero-order valence-corrected chi connectivity index (χ0v) is 7.23. The van der Waals surface area contributed by atoms with E-state index in [-0.39, 0.29) is 17.8 Å². The third-order valence-electron chi connectivity index (χ3n) is 1.82. The van der Waals surface area contributed by atoms with Crippen LogP contribution in [0.15, 0.2) is 23.0 Å². The number of ether oxygens (including phenoxy) is 1. The molecule has 0 aromatic heterocycles. The van der Waals surface area contributed by atoms with E-state index in [4.69, 9.17) is 16.3 Å². The van der Waals surface area contributed by atoms with Crippen molar-refractivity contribution in [3.63, 3.8) is 0 Å². The van der Waals surface area contributed by atoms with Crippen LogP contribution in [0.25, 0.3) is 0 Å². The van der Waals surface area contributed by atoms with E-state index in [1.165, 1.54) is 19.3 Å². The molecule has 0 heterocycles. The van der Waals surface area contributed by atoms with Gasteiger partial charge in [-0.25, -0.2) is 4.39 Å². The van der Waals surface area contributed by atoms with Gasteiger partial charge in [-0.15, -0.1) is 0 Å². The van der Waals surface area contributed by atoms with Crippen LogP contribution in [0.3, 0.4) is 0 Å². The van der Waals surface area contributed by atoms with Crippen molar-refractivity contribution in [3.05, 3.63) is 23.0 Å². The number of methoxy groups -OCH3 is 1. The van der Waals surface area contributed by atoms with Crippen molar-refractivity contribution in [2.45, 2.75) is 13.0 Å². The Balaban J connectivity index is 2.84. The van der Waals surface area contributed by atoms with Gasteiger partial charge >= 0.3 is 0 Å². The molecule has 62 valence electrons. The fourth-order valence-corrected chi connectivity index (χ4v) is 1.45. The Morgan fingerprint density at radius 1 is 1.55 bits per heavy atom. The van der Waals surface area contributed by atoms with Crippen molar-refractivity contribution in [1.29, 1.82) is 0 Å². The molecule has 0 spiro atoms. The Labute approximate surface area is 70.5 Å². The normalized spacial score (nSPS) is 31.3.